The number of nitriles is 1. The highest BCUT2D eigenvalue weighted by molar-refractivity contribution is 5.85. The first-order valence-electron chi connectivity index (χ1n) is 5.89. The van der Waals surface area contributed by atoms with Crippen molar-refractivity contribution in [3.8, 4) is 6.07 Å². The highest BCUT2D eigenvalue weighted by Crippen LogP contribution is 2.09. The van der Waals surface area contributed by atoms with E-state index in [1.807, 2.05) is 16.7 Å². The van der Waals surface area contributed by atoms with Crippen LogP contribution in [0.2, 0.25) is 0 Å². The molecular formula is C14H14ClN3O2. The van der Waals surface area contributed by atoms with Crippen LogP contribution in [-0.4, -0.2) is 20.6 Å². The first kappa shape index (κ1) is 15.7. The third-order valence-electron chi connectivity index (χ3n) is 2.83. The molecule has 0 saturated carbocycles. The van der Waals surface area contributed by atoms with Gasteiger partial charge in [-0.05, 0) is 24.1 Å². The summed E-state index contributed by atoms with van der Waals surface area (Å²) in [5.74, 6) is -0.814. The molecule has 0 unspecified atom stereocenters. The number of aliphatic carboxylic acids is 1. The maximum atomic E-state index is 10.6. The molecule has 2 rings (SSSR count). The first-order valence-corrected chi connectivity index (χ1v) is 5.89. The predicted molar refractivity (Wildman–Crippen MR) is 75.7 cm³/mol. The van der Waals surface area contributed by atoms with E-state index in [-0.39, 0.29) is 18.8 Å². The summed E-state index contributed by atoms with van der Waals surface area (Å²) in [7, 11) is 0. The third-order valence-corrected chi connectivity index (χ3v) is 2.83. The van der Waals surface area contributed by atoms with Crippen LogP contribution in [0.15, 0.2) is 36.8 Å². The van der Waals surface area contributed by atoms with Crippen LogP contribution in [0.25, 0.3) is 0 Å². The van der Waals surface area contributed by atoms with E-state index < -0.39 is 5.97 Å². The number of carboxylic acid groups (broad SMARTS) is 1. The van der Waals surface area contributed by atoms with Gasteiger partial charge in [-0.15, -0.1) is 12.4 Å². The number of aryl methyl sites for hydroxylation is 1. The Bertz CT molecular complexity index is 614. The predicted octanol–water partition coefficient (Wildman–Crippen LogP) is 2.24. The van der Waals surface area contributed by atoms with E-state index in [2.05, 4.69) is 11.1 Å². The van der Waals surface area contributed by atoms with Crippen molar-refractivity contribution >= 4 is 18.4 Å². The third kappa shape index (κ3) is 4.11. The monoisotopic (exact) mass is 291 g/mol. The van der Waals surface area contributed by atoms with Crippen LogP contribution in [0.1, 0.15) is 23.2 Å². The average molecular weight is 292 g/mol. The molecule has 2 aromatic rings. The standard InChI is InChI=1S/C14H13N3O2.ClH/c15-7-11-1-3-12(4-2-11)9-17-10-16-8-13(17)5-6-14(18)19;/h1-4,8,10H,5-6,9H2,(H,18,19);1H. The molecule has 0 spiro atoms. The molecule has 1 N–H and O–H groups in total. The van der Waals surface area contributed by atoms with Gasteiger partial charge in [0.1, 0.15) is 0 Å². The molecule has 0 atom stereocenters. The topological polar surface area (TPSA) is 78.9 Å². The number of hydrogen-bond donors (Lipinski definition) is 1. The summed E-state index contributed by atoms with van der Waals surface area (Å²) in [5.41, 5.74) is 2.57. The molecule has 104 valence electrons. The lowest BCUT2D eigenvalue weighted by Crippen LogP contribution is -2.06. The molecule has 0 amide bonds. The van der Waals surface area contributed by atoms with E-state index in [9.17, 15) is 4.79 Å². The Morgan fingerprint density at radius 3 is 2.65 bits per heavy atom. The second-order valence-corrected chi connectivity index (χ2v) is 4.22. The molecule has 1 aromatic heterocycles. The van der Waals surface area contributed by atoms with Gasteiger partial charge in [-0.3, -0.25) is 4.79 Å². The van der Waals surface area contributed by atoms with Gasteiger partial charge < -0.3 is 9.67 Å². The average Bonchev–Trinajstić information content (AvgIpc) is 2.84. The van der Waals surface area contributed by atoms with Crippen molar-refractivity contribution < 1.29 is 9.90 Å². The number of carbonyl (C=O) groups is 1. The molecule has 0 fully saturated rings. The van der Waals surface area contributed by atoms with E-state index in [1.165, 1.54) is 0 Å². The van der Waals surface area contributed by atoms with Crippen LogP contribution in [0.5, 0.6) is 0 Å². The molecule has 1 heterocycles. The second kappa shape index (κ2) is 7.31. The zero-order valence-electron chi connectivity index (χ0n) is 10.7. The van der Waals surface area contributed by atoms with Crippen molar-refractivity contribution in [1.82, 2.24) is 9.55 Å². The fourth-order valence-electron chi connectivity index (χ4n) is 1.82. The van der Waals surface area contributed by atoms with Crippen LogP contribution in [-0.2, 0) is 17.8 Å². The molecular weight excluding hydrogens is 278 g/mol. The maximum absolute atomic E-state index is 10.6. The number of aromatic nitrogens is 2. The van der Waals surface area contributed by atoms with Crippen molar-refractivity contribution in [2.24, 2.45) is 0 Å². The van der Waals surface area contributed by atoms with Crippen LogP contribution >= 0.6 is 12.4 Å². The molecule has 0 bridgehead atoms. The minimum absolute atomic E-state index is 0. The summed E-state index contributed by atoms with van der Waals surface area (Å²) in [4.78, 5) is 14.6. The minimum Gasteiger partial charge on any atom is -0.481 e. The van der Waals surface area contributed by atoms with Crippen molar-refractivity contribution in [2.45, 2.75) is 19.4 Å². The summed E-state index contributed by atoms with van der Waals surface area (Å²) in [6.07, 6.45) is 3.94. The fourth-order valence-corrected chi connectivity index (χ4v) is 1.82. The van der Waals surface area contributed by atoms with Gasteiger partial charge in [-0.2, -0.15) is 5.26 Å². The van der Waals surface area contributed by atoms with Gasteiger partial charge in [0.2, 0.25) is 0 Å². The smallest absolute Gasteiger partial charge is 0.303 e. The molecule has 0 saturated heterocycles. The van der Waals surface area contributed by atoms with Crippen molar-refractivity contribution in [3.05, 3.63) is 53.6 Å². The van der Waals surface area contributed by atoms with E-state index in [4.69, 9.17) is 10.4 Å². The Morgan fingerprint density at radius 1 is 1.35 bits per heavy atom. The Kier molecular flexibility index (Phi) is 5.75. The molecule has 0 aliphatic carbocycles. The van der Waals surface area contributed by atoms with Crippen molar-refractivity contribution in [3.63, 3.8) is 0 Å². The highest BCUT2D eigenvalue weighted by Gasteiger charge is 2.05. The van der Waals surface area contributed by atoms with Crippen molar-refractivity contribution in [1.29, 1.82) is 5.26 Å². The van der Waals surface area contributed by atoms with E-state index in [0.717, 1.165) is 11.3 Å². The van der Waals surface area contributed by atoms with Crippen LogP contribution < -0.4 is 0 Å². The second-order valence-electron chi connectivity index (χ2n) is 4.22. The molecule has 20 heavy (non-hydrogen) atoms. The van der Waals surface area contributed by atoms with Crippen molar-refractivity contribution in [2.75, 3.05) is 0 Å². The molecule has 0 aliphatic rings. The molecule has 0 aliphatic heterocycles. The van der Waals surface area contributed by atoms with E-state index in [0.29, 0.717) is 18.5 Å². The summed E-state index contributed by atoms with van der Waals surface area (Å²) in [5, 5.41) is 17.4. The van der Waals surface area contributed by atoms with Gasteiger partial charge in [0.25, 0.3) is 0 Å². The van der Waals surface area contributed by atoms with Crippen LogP contribution in [0.3, 0.4) is 0 Å². The number of hydrogen-bond acceptors (Lipinski definition) is 3. The number of nitrogens with zero attached hydrogens (tertiary/aromatic N) is 3. The lowest BCUT2D eigenvalue weighted by atomic mass is 10.1. The summed E-state index contributed by atoms with van der Waals surface area (Å²) >= 11 is 0. The SMILES string of the molecule is Cl.N#Cc1ccc(Cn2cncc2CCC(=O)O)cc1. The Labute approximate surface area is 122 Å². The van der Waals surface area contributed by atoms with Gasteiger partial charge in [-0.25, -0.2) is 4.98 Å². The Hall–Kier alpha value is -2.32. The number of rotatable bonds is 5. The lowest BCUT2D eigenvalue weighted by Gasteiger charge is -2.07. The molecule has 5 nitrogen and oxygen atoms in total. The van der Waals surface area contributed by atoms with Crippen LogP contribution in [0.4, 0.5) is 0 Å². The maximum Gasteiger partial charge on any atom is 0.303 e. The van der Waals surface area contributed by atoms with Gasteiger partial charge in [0.15, 0.2) is 0 Å². The number of imidazole rings is 1. The van der Waals surface area contributed by atoms with Gasteiger partial charge in [-0.1, -0.05) is 12.1 Å². The quantitative estimate of drug-likeness (QED) is 0.916. The fraction of sp³-hybridized carbons (Fsp3) is 0.214. The molecule has 6 heteroatoms. The normalized spacial score (nSPS) is 9.55. The highest BCUT2D eigenvalue weighted by atomic mass is 35.5. The number of halogens is 1. The molecule has 1 aromatic carbocycles. The summed E-state index contributed by atoms with van der Waals surface area (Å²) < 4.78 is 1.92. The largest absolute Gasteiger partial charge is 0.481 e. The van der Waals surface area contributed by atoms with Gasteiger partial charge in [0, 0.05) is 18.4 Å². The van der Waals surface area contributed by atoms with E-state index in [1.54, 1.807) is 24.7 Å². The number of carboxylic acids is 1. The Balaban J connectivity index is 0.00000200. The zero-order valence-corrected chi connectivity index (χ0v) is 11.5. The first-order chi connectivity index (χ1) is 9.19. The molecule has 0 radical (unpaired) electrons. The van der Waals surface area contributed by atoms with Gasteiger partial charge >= 0.3 is 5.97 Å². The minimum atomic E-state index is -0.814. The zero-order chi connectivity index (χ0) is 13.7. The van der Waals surface area contributed by atoms with E-state index >= 15 is 0 Å². The van der Waals surface area contributed by atoms with Gasteiger partial charge in [0.05, 0.1) is 24.4 Å². The summed E-state index contributed by atoms with van der Waals surface area (Å²) in [6.45, 7) is 0.626. The Morgan fingerprint density at radius 2 is 2.05 bits per heavy atom. The summed E-state index contributed by atoms with van der Waals surface area (Å²) in [6, 6.07) is 9.38. The van der Waals surface area contributed by atoms with Crippen LogP contribution in [0, 0.1) is 11.3 Å². The lowest BCUT2D eigenvalue weighted by molar-refractivity contribution is -0.136. The number of benzene rings is 1.